The van der Waals surface area contributed by atoms with Crippen LogP contribution in [-0.2, 0) is 18.1 Å². The molecule has 0 aromatic heterocycles. The van der Waals surface area contributed by atoms with Gasteiger partial charge < -0.3 is 27.1 Å². The number of rotatable bonds is 7. The molecule has 0 unspecified atom stereocenters. The van der Waals surface area contributed by atoms with Gasteiger partial charge in [-0.05, 0) is 81.3 Å². The lowest BCUT2D eigenvalue weighted by molar-refractivity contribution is 0.147. The Bertz CT molecular complexity index is 937. The minimum absolute atomic E-state index is 0.647. The first-order chi connectivity index (χ1) is 14.8. The summed E-state index contributed by atoms with van der Waals surface area (Å²) in [4.78, 5) is 0. The van der Waals surface area contributed by atoms with E-state index in [0.717, 1.165) is 51.3 Å². The second-order valence-electron chi connectivity index (χ2n) is 7.69. The summed E-state index contributed by atoms with van der Waals surface area (Å²) in [7, 11) is 0.220. The summed E-state index contributed by atoms with van der Waals surface area (Å²) in [6, 6.07) is 4.27. The van der Waals surface area contributed by atoms with Crippen LogP contribution in [0.3, 0.4) is 0 Å². The molecule has 0 saturated carbocycles. The molecule has 1 saturated heterocycles. The Kier molecular flexibility index (Phi) is 8.31. The first-order valence-corrected chi connectivity index (χ1v) is 12.5. The standard InChI is InChI=1S/C23H32O6P2/c1-14-12-16(3)22(28-30(24-7)25-8)20(18(14)5)21-19(6)15(2)13-17(4)23(21)29-31-26-10-9-11-27-31/h12-13H,9-11H2,1-8H3. The molecule has 0 N–H and O–H groups in total. The van der Waals surface area contributed by atoms with Crippen LogP contribution in [0.1, 0.15) is 39.8 Å². The Morgan fingerprint density at radius 3 is 1.74 bits per heavy atom. The number of benzene rings is 2. The van der Waals surface area contributed by atoms with Crippen LogP contribution < -0.4 is 9.05 Å². The molecule has 170 valence electrons. The number of aryl methyl sites for hydroxylation is 4. The van der Waals surface area contributed by atoms with Crippen molar-refractivity contribution in [3.63, 3.8) is 0 Å². The highest BCUT2D eigenvalue weighted by Crippen LogP contribution is 2.53. The van der Waals surface area contributed by atoms with Crippen molar-refractivity contribution in [3.8, 4) is 22.6 Å². The topological polar surface area (TPSA) is 55.4 Å². The summed E-state index contributed by atoms with van der Waals surface area (Å²) in [5.41, 5.74) is 8.65. The highest BCUT2D eigenvalue weighted by Gasteiger charge is 2.28. The predicted molar refractivity (Wildman–Crippen MR) is 126 cm³/mol. The van der Waals surface area contributed by atoms with Crippen molar-refractivity contribution in [1.29, 1.82) is 0 Å². The van der Waals surface area contributed by atoms with Gasteiger partial charge in [-0.2, -0.15) is 0 Å². The smallest absolute Gasteiger partial charge is 0.397 e. The molecule has 8 heteroatoms. The molecular weight excluding hydrogens is 434 g/mol. The van der Waals surface area contributed by atoms with Crippen molar-refractivity contribution in [3.05, 3.63) is 45.5 Å². The summed E-state index contributed by atoms with van der Waals surface area (Å²) < 4.78 is 34.9. The van der Waals surface area contributed by atoms with Gasteiger partial charge in [0.05, 0.1) is 13.2 Å². The molecule has 2 aromatic carbocycles. The van der Waals surface area contributed by atoms with Crippen molar-refractivity contribution < 1.29 is 27.1 Å². The molecule has 2 aromatic rings. The first kappa shape index (κ1) is 24.4. The molecule has 0 radical (unpaired) electrons. The van der Waals surface area contributed by atoms with E-state index in [0.29, 0.717) is 13.2 Å². The van der Waals surface area contributed by atoms with E-state index >= 15 is 0 Å². The third kappa shape index (κ3) is 5.22. The van der Waals surface area contributed by atoms with Gasteiger partial charge >= 0.3 is 17.2 Å². The van der Waals surface area contributed by atoms with Crippen molar-refractivity contribution in [2.24, 2.45) is 0 Å². The van der Waals surface area contributed by atoms with Crippen LogP contribution in [0.5, 0.6) is 11.5 Å². The van der Waals surface area contributed by atoms with E-state index in [2.05, 4.69) is 46.8 Å². The lowest BCUT2D eigenvalue weighted by Gasteiger charge is -2.27. The van der Waals surface area contributed by atoms with E-state index in [1.54, 1.807) is 14.2 Å². The Balaban J connectivity index is 2.25. The molecule has 1 fully saturated rings. The Hall–Kier alpha value is -1.26. The van der Waals surface area contributed by atoms with Gasteiger partial charge in [0.2, 0.25) is 0 Å². The lowest BCUT2D eigenvalue weighted by atomic mass is 9.87. The van der Waals surface area contributed by atoms with Gasteiger partial charge in [0.1, 0.15) is 11.5 Å². The van der Waals surface area contributed by atoms with Gasteiger partial charge in [-0.15, -0.1) is 0 Å². The molecular formula is C23H32O6P2. The van der Waals surface area contributed by atoms with Crippen molar-refractivity contribution in [2.45, 2.75) is 48.0 Å². The lowest BCUT2D eigenvalue weighted by Crippen LogP contribution is -2.10. The SMILES string of the molecule is COP(OC)Oc1c(C)cc(C)c(C)c1-c1c(C)c(C)cc(C)c1OP1OCCCO1. The predicted octanol–water partition coefficient (Wildman–Crippen LogP) is 7.15. The fourth-order valence-electron chi connectivity index (χ4n) is 3.69. The summed E-state index contributed by atoms with van der Waals surface area (Å²) >= 11 is 0. The van der Waals surface area contributed by atoms with Crippen molar-refractivity contribution >= 4 is 17.2 Å². The zero-order chi connectivity index (χ0) is 22.7. The van der Waals surface area contributed by atoms with Crippen LogP contribution in [0.4, 0.5) is 0 Å². The molecule has 6 nitrogen and oxygen atoms in total. The summed E-state index contributed by atoms with van der Waals surface area (Å²) in [5, 5.41) is 0. The number of hydrogen-bond donors (Lipinski definition) is 0. The van der Waals surface area contributed by atoms with Gasteiger partial charge in [0.25, 0.3) is 0 Å². The highest BCUT2D eigenvalue weighted by atomic mass is 31.2. The summed E-state index contributed by atoms with van der Waals surface area (Å²) in [6.45, 7) is 13.8. The summed E-state index contributed by atoms with van der Waals surface area (Å²) in [6.07, 6.45) is 0.882. The molecule has 3 rings (SSSR count). The van der Waals surface area contributed by atoms with Gasteiger partial charge in [0.15, 0.2) is 0 Å². The Labute approximate surface area is 188 Å². The van der Waals surface area contributed by atoms with Gasteiger partial charge in [-0.3, -0.25) is 0 Å². The fourth-order valence-corrected chi connectivity index (χ4v) is 5.49. The summed E-state index contributed by atoms with van der Waals surface area (Å²) in [5.74, 6) is 1.52. The normalized spacial score (nSPS) is 14.9. The zero-order valence-corrected chi connectivity index (χ0v) is 21.4. The molecule has 0 spiro atoms. The quantitative estimate of drug-likeness (QED) is 0.404. The largest absolute Gasteiger partial charge is 0.426 e. The molecule has 0 aliphatic carbocycles. The Morgan fingerprint density at radius 1 is 0.742 bits per heavy atom. The molecule has 1 aliphatic rings. The number of hydrogen-bond acceptors (Lipinski definition) is 6. The minimum Gasteiger partial charge on any atom is -0.426 e. The molecule has 31 heavy (non-hydrogen) atoms. The van der Waals surface area contributed by atoms with Crippen LogP contribution >= 0.6 is 17.2 Å². The maximum absolute atomic E-state index is 6.36. The molecule has 0 bridgehead atoms. The second-order valence-corrected chi connectivity index (χ2v) is 10.2. The zero-order valence-electron chi connectivity index (χ0n) is 19.6. The van der Waals surface area contributed by atoms with E-state index in [-0.39, 0.29) is 0 Å². The minimum atomic E-state index is -1.51. The second kappa shape index (κ2) is 10.6. The van der Waals surface area contributed by atoms with Crippen LogP contribution in [-0.4, -0.2) is 27.4 Å². The van der Waals surface area contributed by atoms with Crippen LogP contribution in [0, 0.1) is 41.5 Å². The van der Waals surface area contributed by atoms with Crippen LogP contribution in [0.2, 0.25) is 0 Å². The van der Waals surface area contributed by atoms with E-state index < -0.39 is 17.2 Å². The average molecular weight is 466 g/mol. The highest BCUT2D eigenvalue weighted by molar-refractivity contribution is 7.42. The van der Waals surface area contributed by atoms with Gasteiger partial charge in [-0.1, -0.05) is 12.1 Å². The first-order valence-electron chi connectivity index (χ1n) is 10.3. The Morgan fingerprint density at radius 2 is 1.23 bits per heavy atom. The third-order valence-corrected chi connectivity index (χ3v) is 7.58. The maximum Gasteiger partial charge on any atom is 0.397 e. The van der Waals surface area contributed by atoms with E-state index in [1.807, 2.05) is 6.92 Å². The molecule has 0 amide bonds. The van der Waals surface area contributed by atoms with E-state index in [1.165, 1.54) is 11.1 Å². The molecule has 1 heterocycles. The van der Waals surface area contributed by atoms with Gasteiger partial charge in [-0.25, -0.2) is 0 Å². The van der Waals surface area contributed by atoms with Crippen LogP contribution in [0.15, 0.2) is 12.1 Å². The van der Waals surface area contributed by atoms with Gasteiger partial charge in [0, 0.05) is 25.3 Å². The van der Waals surface area contributed by atoms with Crippen molar-refractivity contribution in [1.82, 2.24) is 0 Å². The van der Waals surface area contributed by atoms with E-state index in [4.69, 9.17) is 27.1 Å². The average Bonchev–Trinajstić information content (AvgIpc) is 2.75. The molecule has 1 aliphatic heterocycles. The fraction of sp³-hybridized carbons (Fsp3) is 0.478. The van der Waals surface area contributed by atoms with Crippen LogP contribution in [0.25, 0.3) is 11.1 Å². The maximum atomic E-state index is 6.36. The van der Waals surface area contributed by atoms with E-state index in [9.17, 15) is 0 Å². The monoisotopic (exact) mass is 466 g/mol. The third-order valence-electron chi connectivity index (χ3n) is 5.53. The molecule has 0 atom stereocenters. The van der Waals surface area contributed by atoms with Crippen molar-refractivity contribution in [2.75, 3.05) is 27.4 Å².